The highest BCUT2D eigenvalue weighted by atomic mass is 32.1. The SMILES string of the molecule is O=[N+]([O-])c1ccccc1/N=C(S)/N=N\C=C1/C=CC2C(=C1)C=Cc1c2ncn1-c1ccc(OC(F)(F)F)cc1. The third kappa shape index (κ3) is 5.88. The zero-order valence-electron chi connectivity index (χ0n) is 19.7. The minimum absolute atomic E-state index is 0.0442. The van der Waals surface area contributed by atoms with E-state index in [4.69, 9.17) is 0 Å². The Morgan fingerprint density at radius 3 is 2.64 bits per heavy atom. The summed E-state index contributed by atoms with van der Waals surface area (Å²) in [5.74, 6) is -0.417. The lowest BCUT2D eigenvalue weighted by molar-refractivity contribution is -0.384. The number of aromatic nitrogens is 2. The number of allylic oxidation sites excluding steroid dienone is 6. The van der Waals surface area contributed by atoms with Gasteiger partial charge in [0.25, 0.3) is 5.69 Å². The molecule has 1 heterocycles. The number of azo groups is 1. The van der Waals surface area contributed by atoms with Crippen LogP contribution in [0.1, 0.15) is 17.3 Å². The second kappa shape index (κ2) is 10.5. The number of alkyl halides is 3. The van der Waals surface area contributed by atoms with E-state index in [1.807, 2.05) is 30.4 Å². The molecule has 2 aliphatic rings. The molecule has 9 nitrogen and oxygen atoms in total. The van der Waals surface area contributed by atoms with Crippen LogP contribution in [-0.4, -0.2) is 26.0 Å². The quantitative estimate of drug-likeness (QED) is 0.0902. The molecular weight excluding hydrogens is 533 g/mol. The van der Waals surface area contributed by atoms with Gasteiger partial charge in [-0.15, -0.1) is 30.9 Å². The molecule has 0 spiro atoms. The Morgan fingerprint density at radius 2 is 1.90 bits per heavy atom. The standard InChI is InChI=1S/C26H17F3N6O3S/c27-26(28,29)38-19-9-7-18(8-10-19)34-15-30-24-20-11-5-16(13-17(20)6-12-23(24)34)14-31-33-25(39)32-21-3-1-2-4-22(21)35(36)37/h1-15,20H,(H,32,39)/b16-14+,33-31-. The van der Waals surface area contributed by atoms with E-state index in [1.54, 1.807) is 23.0 Å². The molecule has 196 valence electrons. The lowest BCUT2D eigenvalue weighted by atomic mass is 9.84. The van der Waals surface area contributed by atoms with Crippen LogP contribution in [0.4, 0.5) is 24.5 Å². The fourth-order valence-electron chi connectivity index (χ4n) is 4.09. The monoisotopic (exact) mass is 550 g/mol. The smallest absolute Gasteiger partial charge is 0.406 e. The van der Waals surface area contributed by atoms with Crippen molar-refractivity contribution >= 4 is 35.2 Å². The van der Waals surface area contributed by atoms with E-state index >= 15 is 0 Å². The van der Waals surface area contributed by atoms with Crippen LogP contribution < -0.4 is 4.74 Å². The number of thiol groups is 1. The van der Waals surface area contributed by atoms with Crippen LogP contribution >= 0.6 is 12.6 Å². The van der Waals surface area contributed by atoms with Crippen molar-refractivity contribution in [3.63, 3.8) is 0 Å². The molecule has 0 fully saturated rings. The first-order valence-corrected chi connectivity index (χ1v) is 11.8. The van der Waals surface area contributed by atoms with E-state index < -0.39 is 11.3 Å². The van der Waals surface area contributed by atoms with Crippen molar-refractivity contribution in [2.45, 2.75) is 12.3 Å². The van der Waals surface area contributed by atoms with Gasteiger partial charge in [0.05, 0.1) is 22.5 Å². The maximum Gasteiger partial charge on any atom is 0.573 e. The van der Waals surface area contributed by atoms with Crippen LogP contribution in [0.3, 0.4) is 0 Å². The molecule has 0 bridgehead atoms. The van der Waals surface area contributed by atoms with Crippen LogP contribution in [0.25, 0.3) is 11.8 Å². The first-order valence-electron chi connectivity index (χ1n) is 11.3. The Balaban J connectivity index is 1.31. The van der Waals surface area contributed by atoms with E-state index in [0.29, 0.717) is 5.69 Å². The third-order valence-corrected chi connectivity index (χ3v) is 5.93. The summed E-state index contributed by atoms with van der Waals surface area (Å²) in [4.78, 5) is 19.2. The zero-order chi connectivity index (χ0) is 27.6. The Morgan fingerprint density at radius 1 is 1.13 bits per heavy atom. The highest BCUT2D eigenvalue weighted by molar-refractivity contribution is 7.96. The summed E-state index contributed by atoms with van der Waals surface area (Å²) in [5.41, 5.74) is 3.92. The summed E-state index contributed by atoms with van der Waals surface area (Å²) < 4.78 is 43.1. The van der Waals surface area contributed by atoms with Crippen LogP contribution in [0, 0.1) is 10.1 Å². The van der Waals surface area contributed by atoms with Gasteiger partial charge in [-0.3, -0.25) is 14.7 Å². The van der Waals surface area contributed by atoms with E-state index in [2.05, 4.69) is 37.6 Å². The summed E-state index contributed by atoms with van der Waals surface area (Å²) in [7, 11) is 0. The highest BCUT2D eigenvalue weighted by Crippen LogP contribution is 2.38. The summed E-state index contributed by atoms with van der Waals surface area (Å²) in [5, 5.41) is 19.0. The molecule has 0 N–H and O–H groups in total. The van der Waals surface area contributed by atoms with Gasteiger partial charge in [-0.05, 0) is 53.6 Å². The highest BCUT2D eigenvalue weighted by Gasteiger charge is 2.31. The van der Waals surface area contributed by atoms with E-state index in [-0.39, 0.29) is 28.2 Å². The van der Waals surface area contributed by atoms with Crippen molar-refractivity contribution in [2.75, 3.05) is 0 Å². The average Bonchev–Trinajstić information content (AvgIpc) is 3.33. The molecule has 0 saturated heterocycles. The Labute approximate surface area is 224 Å². The molecule has 0 aliphatic heterocycles. The van der Waals surface area contributed by atoms with Crippen molar-refractivity contribution in [2.24, 2.45) is 15.2 Å². The average molecular weight is 551 g/mol. The topological polar surface area (TPSA) is 107 Å². The fraction of sp³-hybridized carbons (Fsp3) is 0.0769. The number of fused-ring (bicyclic) bond motifs is 3. The van der Waals surface area contributed by atoms with Crippen LogP contribution in [0.5, 0.6) is 5.75 Å². The number of imidazole rings is 1. The van der Waals surface area contributed by atoms with E-state index in [0.717, 1.165) is 22.5 Å². The number of rotatable bonds is 5. The summed E-state index contributed by atoms with van der Waals surface area (Å²) in [6, 6.07) is 11.5. The molecule has 1 unspecified atom stereocenters. The predicted octanol–water partition coefficient (Wildman–Crippen LogP) is 7.24. The van der Waals surface area contributed by atoms with Crippen molar-refractivity contribution in [1.29, 1.82) is 0 Å². The second-order valence-electron chi connectivity index (χ2n) is 8.24. The molecule has 0 amide bonds. The van der Waals surface area contributed by atoms with E-state index in [1.165, 1.54) is 42.6 Å². The number of aliphatic imine (C=N–C) groups is 1. The minimum Gasteiger partial charge on any atom is -0.406 e. The molecular formula is C26H17F3N6O3S. The fourth-order valence-corrected chi connectivity index (χ4v) is 4.25. The zero-order valence-corrected chi connectivity index (χ0v) is 20.6. The number of benzene rings is 2. The van der Waals surface area contributed by atoms with Gasteiger partial charge in [0.2, 0.25) is 5.17 Å². The lowest BCUT2D eigenvalue weighted by Crippen LogP contribution is -2.17. The molecule has 2 aromatic carbocycles. The normalized spacial score (nSPS) is 17.7. The van der Waals surface area contributed by atoms with Gasteiger partial charge in [0.15, 0.2) is 0 Å². The lowest BCUT2D eigenvalue weighted by Gasteiger charge is -2.22. The number of nitro groups is 1. The number of hydrogen-bond acceptors (Lipinski definition) is 6. The molecule has 39 heavy (non-hydrogen) atoms. The van der Waals surface area contributed by atoms with Gasteiger partial charge in [0, 0.05) is 17.7 Å². The molecule has 0 radical (unpaired) electrons. The number of nitro benzene ring substituents is 1. The molecule has 1 aromatic heterocycles. The maximum absolute atomic E-state index is 12.4. The summed E-state index contributed by atoms with van der Waals surface area (Å²) >= 11 is 4.14. The first kappa shape index (κ1) is 25.9. The Hall–Kier alpha value is -4.78. The van der Waals surface area contributed by atoms with Gasteiger partial charge in [-0.25, -0.2) is 9.98 Å². The molecule has 0 saturated carbocycles. The van der Waals surface area contributed by atoms with Crippen molar-refractivity contribution in [1.82, 2.24) is 9.55 Å². The molecule has 13 heteroatoms. The van der Waals surface area contributed by atoms with Crippen molar-refractivity contribution in [3.05, 3.63) is 118 Å². The van der Waals surface area contributed by atoms with Gasteiger partial charge in [-0.2, -0.15) is 5.11 Å². The van der Waals surface area contributed by atoms with Crippen LogP contribution in [0.15, 0.2) is 112 Å². The Bertz CT molecular complexity index is 1620. The molecule has 5 rings (SSSR count). The van der Waals surface area contributed by atoms with Gasteiger partial charge in [-0.1, -0.05) is 30.4 Å². The van der Waals surface area contributed by atoms with Gasteiger partial charge < -0.3 is 4.74 Å². The minimum atomic E-state index is -4.75. The Kier molecular flexibility index (Phi) is 6.98. The van der Waals surface area contributed by atoms with Crippen molar-refractivity contribution in [3.8, 4) is 11.4 Å². The number of ether oxygens (including phenoxy) is 1. The van der Waals surface area contributed by atoms with Crippen LogP contribution in [0.2, 0.25) is 0 Å². The third-order valence-electron chi connectivity index (χ3n) is 5.74. The molecule has 3 aromatic rings. The van der Waals surface area contributed by atoms with Gasteiger partial charge in [0.1, 0.15) is 17.8 Å². The summed E-state index contributed by atoms with van der Waals surface area (Å²) in [6.45, 7) is 0. The largest absolute Gasteiger partial charge is 0.573 e. The first-order chi connectivity index (χ1) is 18.7. The molecule has 1 atom stereocenters. The number of hydrogen-bond donors (Lipinski definition) is 1. The number of nitrogens with zero attached hydrogens (tertiary/aromatic N) is 6. The second-order valence-corrected chi connectivity index (χ2v) is 8.64. The van der Waals surface area contributed by atoms with Crippen LogP contribution in [-0.2, 0) is 0 Å². The maximum atomic E-state index is 12.4. The van der Waals surface area contributed by atoms with Gasteiger partial charge >= 0.3 is 6.36 Å². The van der Waals surface area contributed by atoms with E-state index in [9.17, 15) is 23.3 Å². The predicted molar refractivity (Wildman–Crippen MR) is 141 cm³/mol. The number of para-hydroxylation sites is 2. The summed E-state index contributed by atoms with van der Waals surface area (Å²) in [6.07, 6.45) is 7.93. The number of amidine groups is 1. The number of halogens is 3. The molecule has 2 aliphatic carbocycles. The van der Waals surface area contributed by atoms with Crippen molar-refractivity contribution < 1.29 is 22.8 Å².